The molecule has 0 spiro atoms. The molecule has 1 heterocycles. The summed E-state index contributed by atoms with van der Waals surface area (Å²) in [5, 5.41) is 24.0. The van der Waals surface area contributed by atoms with Crippen LogP contribution in [0.1, 0.15) is 22.6 Å². The van der Waals surface area contributed by atoms with Gasteiger partial charge in [0.05, 0.1) is 26.9 Å². The van der Waals surface area contributed by atoms with Gasteiger partial charge in [0.2, 0.25) is 0 Å². The minimum atomic E-state index is -1.89. The monoisotopic (exact) mass is 449 g/mol. The summed E-state index contributed by atoms with van der Waals surface area (Å²) in [6, 6.07) is 19.4. The van der Waals surface area contributed by atoms with Crippen LogP contribution in [0.3, 0.4) is 0 Å². The molecule has 7 nitrogen and oxygen atoms in total. The van der Waals surface area contributed by atoms with Gasteiger partial charge in [0, 0.05) is 24.1 Å². The molecule has 33 heavy (non-hydrogen) atoms. The lowest BCUT2D eigenvalue weighted by molar-refractivity contribution is -0.150. The van der Waals surface area contributed by atoms with Gasteiger partial charge in [0.25, 0.3) is 0 Å². The third-order valence-corrected chi connectivity index (χ3v) is 7.01. The lowest BCUT2D eigenvalue weighted by Crippen LogP contribution is -2.52. The van der Waals surface area contributed by atoms with Gasteiger partial charge >= 0.3 is 0 Å². The van der Waals surface area contributed by atoms with Gasteiger partial charge in [-0.1, -0.05) is 42.5 Å². The highest BCUT2D eigenvalue weighted by atomic mass is 16.5. The number of methoxy groups -OCH3 is 3. The van der Waals surface area contributed by atoms with Crippen LogP contribution in [0.4, 0.5) is 0 Å². The topological polar surface area (TPSA) is 103 Å². The first-order valence-electron chi connectivity index (χ1n) is 10.7. The zero-order chi connectivity index (χ0) is 23.4. The molecule has 1 aliphatic carbocycles. The number of aliphatic hydroxyl groups excluding tert-OH is 1. The Balaban J connectivity index is 1.84. The smallest absolute Gasteiger partial charge is 0.178 e. The first-order chi connectivity index (χ1) is 15.9. The maximum Gasteiger partial charge on any atom is 0.178 e. The molecule has 1 saturated carbocycles. The Bertz CT molecular complexity index is 1170. The number of rotatable bonds is 5. The standard InChI is InChI=1S/C26H27NO6/c1-30-17-11-9-16(10-12-17)26-21(15-7-5-4-6-8-15)23(27)24(28)25(26,29)22-19(32-3)13-18(31-2)14-20(22)33-26/h4-14,21,23-24,28-29H,27H2,1-3H3/t21-,23-,24-,25+,26+/m1/s1. The van der Waals surface area contributed by atoms with Crippen molar-refractivity contribution >= 4 is 0 Å². The average Bonchev–Trinajstić information content (AvgIpc) is 3.21. The van der Waals surface area contributed by atoms with E-state index in [-0.39, 0.29) is 0 Å². The van der Waals surface area contributed by atoms with Gasteiger partial charge in [-0.3, -0.25) is 0 Å². The maximum atomic E-state index is 12.5. The summed E-state index contributed by atoms with van der Waals surface area (Å²) >= 11 is 0. The van der Waals surface area contributed by atoms with Crippen molar-refractivity contribution in [3.63, 3.8) is 0 Å². The van der Waals surface area contributed by atoms with Crippen LogP contribution in [-0.4, -0.2) is 43.7 Å². The van der Waals surface area contributed by atoms with E-state index in [0.717, 1.165) is 5.56 Å². The first-order valence-corrected chi connectivity index (χ1v) is 10.7. The van der Waals surface area contributed by atoms with Crippen molar-refractivity contribution in [3.8, 4) is 23.0 Å². The quantitative estimate of drug-likeness (QED) is 0.550. The summed E-state index contributed by atoms with van der Waals surface area (Å²) in [6.07, 6.45) is -1.34. The molecule has 0 unspecified atom stereocenters. The Hall–Kier alpha value is -3.26. The summed E-state index contributed by atoms with van der Waals surface area (Å²) in [5.41, 5.74) is 5.16. The van der Waals surface area contributed by atoms with Gasteiger partial charge in [-0.15, -0.1) is 0 Å². The molecular weight excluding hydrogens is 422 g/mol. The number of fused-ring (bicyclic) bond motifs is 3. The van der Waals surface area contributed by atoms with E-state index in [1.807, 2.05) is 42.5 Å². The lowest BCUT2D eigenvalue weighted by atomic mass is 9.71. The van der Waals surface area contributed by atoms with Crippen molar-refractivity contribution in [2.75, 3.05) is 21.3 Å². The molecule has 7 heteroatoms. The number of benzene rings is 3. The number of ether oxygens (including phenoxy) is 4. The van der Waals surface area contributed by atoms with E-state index in [1.54, 1.807) is 38.5 Å². The predicted octanol–water partition coefficient (Wildman–Crippen LogP) is 2.67. The Kier molecular flexibility index (Phi) is 5.01. The Morgan fingerprint density at radius 3 is 2.15 bits per heavy atom. The van der Waals surface area contributed by atoms with Gasteiger partial charge in [-0.25, -0.2) is 0 Å². The van der Waals surface area contributed by atoms with Gasteiger partial charge in [-0.05, 0) is 23.3 Å². The van der Waals surface area contributed by atoms with E-state index in [4.69, 9.17) is 24.7 Å². The molecule has 172 valence electrons. The van der Waals surface area contributed by atoms with Crippen molar-refractivity contribution in [3.05, 3.63) is 83.4 Å². The van der Waals surface area contributed by atoms with Gasteiger partial charge in [0.15, 0.2) is 11.2 Å². The number of hydrogen-bond donors (Lipinski definition) is 3. The zero-order valence-corrected chi connectivity index (χ0v) is 18.7. The lowest BCUT2D eigenvalue weighted by Gasteiger charge is -2.40. The molecule has 0 amide bonds. The molecule has 0 radical (unpaired) electrons. The number of aliphatic hydroxyl groups is 2. The Morgan fingerprint density at radius 1 is 0.879 bits per heavy atom. The first kappa shape index (κ1) is 21.6. The van der Waals surface area contributed by atoms with E-state index in [2.05, 4.69) is 0 Å². The highest BCUT2D eigenvalue weighted by Crippen LogP contribution is 2.68. The Labute approximate surface area is 192 Å². The van der Waals surface area contributed by atoms with E-state index in [9.17, 15) is 10.2 Å². The van der Waals surface area contributed by atoms with Gasteiger partial charge in [0.1, 0.15) is 29.1 Å². The molecule has 5 atom stereocenters. The van der Waals surface area contributed by atoms with Crippen LogP contribution in [-0.2, 0) is 11.2 Å². The molecule has 0 saturated heterocycles. The molecule has 4 N–H and O–H groups in total. The Morgan fingerprint density at radius 2 is 1.55 bits per heavy atom. The average molecular weight is 450 g/mol. The SMILES string of the molecule is COc1ccc([C@@]23Oc4cc(OC)cc(OC)c4[C@]2(O)[C@H](O)[C@H](N)[C@H]3c2ccccc2)cc1. The maximum absolute atomic E-state index is 12.5. The molecule has 1 aliphatic heterocycles. The van der Waals surface area contributed by atoms with Crippen molar-refractivity contribution in [1.29, 1.82) is 0 Å². The normalized spacial score (nSPS) is 29.7. The third-order valence-electron chi connectivity index (χ3n) is 7.01. The summed E-state index contributed by atoms with van der Waals surface area (Å²) in [4.78, 5) is 0. The summed E-state index contributed by atoms with van der Waals surface area (Å²) in [6.45, 7) is 0. The minimum absolute atomic E-state index is 0.349. The number of nitrogens with two attached hydrogens (primary N) is 1. The molecule has 1 fully saturated rings. The molecule has 3 aromatic carbocycles. The molecule has 0 bridgehead atoms. The van der Waals surface area contributed by atoms with Crippen LogP contribution in [0.25, 0.3) is 0 Å². The van der Waals surface area contributed by atoms with Crippen molar-refractivity contribution in [2.24, 2.45) is 5.73 Å². The van der Waals surface area contributed by atoms with Crippen LogP contribution in [0, 0.1) is 0 Å². The second-order valence-corrected chi connectivity index (χ2v) is 8.45. The van der Waals surface area contributed by atoms with Gasteiger partial charge < -0.3 is 34.9 Å². The fourth-order valence-electron chi connectivity index (χ4n) is 5.55. The predicted molar refractivity (Wildman–Crippen MR) is 122 cm³/mol. The van der Waals surface area contributed by atoms with Crippen LogP contribution >= 0.6 is 0 Å². The molecular formula is C26H27NO6. The van der Waals surface area contributed by atoms with E-state index >= 15 is 0 Å². The number of hydrogen-bond acceptors (Lipinski definition) is 7. The largest absolute Gasteiger partial charge is 0.497 e. The van der Waals surface area contributed by atoms with Crippen molar-refractivity contribution in [1.82, 2.24) is 0 Å². The van der Waals surface area contributed by atoms with Crippen LogP contribution in [0.15, 0.2) is 66.7 Å². The molecule has 2 aliphatic rings. The summed E-state index contributed by atoms with van der Waals surface area (Å²) in [7, 11) is 4.63. The van der Waals surface area contributed by atoms with E-state index < -0.39 is 29.3 Å². The molecule has 3 aromatic rings. The molecule has 5 rings (SSSR count). The fraction of sp³-hybridized carbons (Fsp3) is 0.308. The highest BCUT2D eigenvalue weighted by molar-refractivity contribution is 5.63. The van der Waals surface area contributed by atoms with Crippen molar-refractivity contribution in [2.45, 2.75) is 29.3 Å². The minimum Gasteiger partial charge on any atom is -0.497 e. The zero-order valence-electron chi connectivity index (χ0n) is 18.7. The van der Waals surface area contributed by atoms with Crippen LogP contribution < -0.4 is 24.7 Å². The summed E-state index contributed by atoms with van der Waals surface area (Å²) < 4.78 is 23.1. The van der Waals surface area contributed by atoms with E-state index in [1.165, 1.54) is 7.11 Å². The highest BCUT2D eigenvalue weighted by Gasteiger charge is 2.76. The molecule has 0 aromatic heterocycles. The summed E-state index contributed by atoms with van der Waals surface area (Å²) in [5.74, 6) is 1.32. The van der Waals surface area contributed by atoms with E-state index in [0.29, 0.717) is 34.1 Å². The van der Waals surface area contributed by atoms with Crippen LogP contribution in [0.2, 0.25) is 0 Å². The van der Waals surface area contributed by atoms with Gasteiger partial charge in [-0.2, -0.15) is 0 Å². The van der Waals surface area contributed by atoms with Crippen LogP contribution in [0.5, 0.6) is 23.0 Å². The van der Waals surface area contributed by atoms with Crippen molar-refractivity contribution < 1.29 is 29.2 Å². The fourth-order valence-corrected chi connectivity index (χ4v) is 5.55. The second kappa shape index (κ2) is 7.66. The third kappa shape index (κ3) is 2.73. The second-order valence-electron chi connectivity index (χ2n) is 8.45.